The van der Waals surface area contributed by atoms with Gasteiger partial charge in [0.15, 0.2) is 0 Å². The van der Waals surface area contributed by atoms with Crippen molar-refractivity contribution in [3.63, 3.8) is 0 Å². The lowest BCUT2D eigenvalue weighted by Gasteiger charge is -2.26. The van der Waals surface area contributed by atoms with Gasteiger partial charge in [0.2, 0.25) is 0 Å². The molecule has 4 rings (SSSR count). The minimum absolute atomic E-state index is 0.0489. The first-order valence-corrected chi connectivity index (χ1v) is 12.3. The molecule has 0 saturated carbocycles. The van der Waals surface area contributed by atoms with Crippen molar-refractivity contribution >= 4 is 17.4 Å². The Balaban J connectivity index is 1.79. The fourth-order valence-electron chi connectivity index (χ4n) is 4.35. The van der Waals surface area contributed by atoms with Crippen LogP contribution in [0.5, 0.6) is 5.75 Å². The molecule has 6 nitrogen and oxygen atoms in total. The number of carbonyl (C=O) groups is 2. The Bertz CT molecular complexity index is 1250. The quantitative estimate of drug-likeness (QED) is 0.173. The summed E-state index contributed by atoms with van der Waals surface area (Å²) in [7, 11) is 0. The molecule has 1 unspecified atom stereocenters. The second-order valence-electron chi connectivity index (χ2n) is 10.1. The Kier molecular flexibility index (Phi) is 7.34. The van der Waals surface area contributed by atoms with E-state index in [9.17, 15) is 14.7 Å². The molecular weight excluding hydrogens is 454 g/mol. The summed E-state index contributed by atoms with van der Waals surface area (Å²) >= 11 is 0. The Morgan fingerprint density at radius 1 is 1.06 bits per heavy atom. The second kappa shape index (κ2) is 10.4. The molecule has 6 heteroatoms. The first kappa shape index (κ1) is 25.3. The lowest BCUT2D eigenvalue weighted by molar-refractivity contribution is -0.140. The molecule has 2 aromatic carbocycles. The van der Waals surface area contributed by atoms with Gasteiger partial charge in [0.1, 0.15) is 17.3 Å². The van der Waals surface area contributed by atoms with Gasteiger partial charge in [-0.05, 0) is 47.2 Å². The van der Waals surface area contributed by atoms with Gasteiger partial charge in [0.05, 0.1) is 31.0 Å². The van der Waals surface area contributed by atoms with Gasteiger partial charge in [-0.25, -0.2) is 0 Å². The number of carbonyl (C=O) groups excluding carboxylic acids is 2. The van der Waals surface area contributed by atoms with Crippen LogP contribution in [0.2, 0.25) is 0 Å². The maximum atomic E-state index is 13.3. The molecule has 1 amide bonds. The van der Waals surface area contributed by atoms with E-state index in [0.29, 0.717) is 23.7 Å². The maximum Gasteiger partial charge on any atom is 0.296 e. The molecule has 1 N–H and O–H groups in total. The number of rotatable bonds is 8. The van der Waals surface area contributed by atoms with Gasteiger partial charge in [-0.15, -0.1) is 0 Å². The normalized spacial score (nSPS) is 17.6. The number of furan rings is 1. The Morgan fingerprint density at radius 2 is 1.81 bits per heavy atom. The summed E-state index contributed by atoms with van der Waals surface area (Å²) in [5, 5.41) is 11.4. The van der Waals surface area contributed by atoms with Crippen molar-refractivity contribution in [1.29, 1.82) is 0 Å². The van der Waals surface area contributed by atoms with E-state index < -0.39 is 17.7 Å². The number of nitrogens with zero attached hydrogens (tertiary/aromatic N) is 1. The van der Waals surface area contributed by atoms with E-state index in [1.165, 1.54) is 11.2 Å². The van der Waals surface area contributed by atoms with E-state index in [0.717, 1.165) is 24.0 Å². The van der Waals surface area contributed by atoms with Crippen LogP contribution in [0.1, 0.15) is 69.0 Å². The predicted molar refractivity (Wildman–Crippen MR) is 139 cm³/mol. The van der Waals surface area contributed by atoms with E-state index in [1.54, 1.807) is 30.3 Å². The van der Waals surface area contributed by atoms with Gasteiger partial charge in [0.25, 0.3) is 11.7 Å². The summed E-state index contributed by atoms with van der Waals surface area (Å²) in [5.41, 5.74) is 2.31. The van der Waals surface area contributed by atoms with Crippen molar-refractivity contribution in [2.75, 3.05) is 6.61 Å². The van der Waals surface area contributed by atoms with Crippen molar-refractivity contribution in [1.82, 2.24) is 4.90 Å². The van der Waals surface area contributed by atoms with Crippen LogP contribution < -0.4 is 4.74 Å². The largest absolute Gasteiger partial charge is 0.507 e. The first-order chi connectivity index (χ1) is 17.2. The molecule has 1 saturated heterocycles. The fourth-order valence-corrected chi connectivity index (χ4v) is 4.35. The summed E-state index contributed by atoms with van der Waals surface area (Å²) in [6.45, 7) is 9.14. The Morgan fingerprint density at radius 3 is 2.44 bits per heavy atom. The zero-order valence-corrected chi connectivity index (χ0v) is 21.3. The predicted octanol–water partition coefficient (Wildman–Crippen LogP) is 6.38. The molecule has 36 heavy (non-hydrogen) atoms. The van der Waals surface area contributed by atoms with Crippen LogP contribution in [0.4, 0.5) is 0 Å². The van der Waals surface area contributed by atoms with Crippen LogP contribution >= 0.6 is 0 Å². The molecule has 188 valence electrons. The topological polar surface area (TPSA) is 80.0 Å². The van der Waals surface area contributed by atoms with Gasteiger partial charge in [0, 0.05) is 5.56 Å². The Hall–Kier alpha value is -3.80. The third-order valence-electron chi connectivity index (χ3n) is 6.41. The summed E-state index contributed by atoms with van der Waals surface area (Å²) < 4.78 is 11.3. The van der Waals surface area contributed by atoms with E-state index >= 15 is 0 Å². The molecule has 1 aliphatic heterocycles. The number of amides is 1. The summed E-state index contributed by atoms with van der Waals surface area (Å²) in [5.74, 6) is -0.460. The van der Waals surface area contributed by atoms with Gasteiger partial charge in [-0.2, -0.15) is 0 Å². The molecule has 3 aromatic rings. The minimum atomic E-state index is -0.756. The van der Waals surface area contributed by atoms with Gasteiger partial charge in [-0.3, -0.25) is 9.59 Å². The summed E-state index contributed by atoms with van der Waals surface area (Å²) in [6, 6.07) is 17.6. The monoisotopic (exact) mass is 487 g/mol. The highest BCUT2D eigenvalue weighted by atomic mass is 16.5. The fraction of sp³-hybridized carbons (Fsp3) is 0.333. The van der Waals surface area contributed by atoms with Gasteiger partial charge in [-0.1, -0.05) is 70.5 Å². The third-order valence-corrected chi connectivity index (χ3v) is 6.41. The number of unbranched alkanes of at least 4 members (excludes halogenated alkanes) is 1. The number of ketones is 1. The van der Waals surface area contributed by atoms with Crippen molar-refractivity contribution in [2.45, 2.75) is 58.5 Å². The number of aliphatic hydroxyl groups excluding tert-OH is 1. The highest BCUT2D eigenvalue weighted by Crippen LogP contribution is 2.41. The first-order valence-electron chi connectivity index (χ1n) is 12.3. The van der Waals surface area contributed by atoms with E-state index in [2.05, 4.69) is 27.7 Å². The maximum absolute atomic E-state index is 13.3. The van der Waals surface area contributed by atoms with E-state index in [4.69, 9.17) is 9.15 Å². The van der Waals surface area contributed by atoms with Crippen LogP contribution in [0.25, 0.3) is 5.76 Å². The van der Waals surface area contributed by atoms with E-state index in [1.807, 2.05) is 30.3 Å². The zero-order valence-electron chi connectivity index (χ0n) is 21.3. The van der Waals surface area contributed by atoms with Crippen molar-refractivity contribution in [2.24, 2.45) is 0 Å². The lowest BCUT2D eigenvalue weighted by atomic mass is 9.85. The van der Waals surface area contributed by atoms with Crippen molar-refractivity contribution < 1.29 is 23.8 Å². The molecule has 0 radical (unpaired) electrons. The lowest BCUT2D eigenvalue weighted by Crippen LogP contribution is -2.29. The second-order valence-corrected chi connectivity index (χ2v) is 10.1. The summed E-state index contributed by atoms with van der Waals surface area (Å²) in [4.78, 5) is 27.9. The van der Waals surface area contributed by atoms with Crippen molar-refractivity contribution in [3.8, 4) is 5.75 Å². The van der Waals surface area contributed by atoms with Gasteiger partial charge >= 0.3 is 0 Å². The summed E-state index contributed by atoms with van der Waals surface area (Å²) in [6.07, 6.45) is 3.45. The Labute approximate surface area is 212 Å². The third kappa shape index (κ3) is 5.23. The van der Waals surface area contributed by atoms with Crippen LogP contribution in [-0.4, -0.2) is 28.3 Å². The number of benzene rings is 2. The average molecular weight is 488 g/mol. The molecule has 1 atom stereocenters. The number of hydrogen-bond acceptors (Lipinski definition) is 5. The van der Waals surface area contributed by atoms with Crippen LogP contribution in [0, 0.1) is 0 Å². The van der Waals surface area contributed by atoms with Gasteiger partial charge < -0.3 is 19.2 Å². The van der Waals surface area contributed by atoms with Crippen LogP contribution in [0.3, 0.4) is 0 Å². The molecular formula is C30H33NO5. The van der Waals surface area contributed by atoms with Crippen molar-refractivity contribution in [3.05, 3.63) is 95.0 Å². The minimum Gasteiger partial charge on any atom is -0.507 e. The molecule has 0 spiro atoms. The molecule has 1 aliphatic rings. The number of likely N-dealkylation sites (tertiary alicyclic amines) is 1. The average Bonchev–Trinajstić information content (AvgIpc) is 3.46. The van der Waals surface area contributed by atoms with E-state index in [-0.39, 0.29) is 23.3 Å². The SMILES string of the molecule is CCCCOc1cccc(C(O)=C2C(=O)C(=O)N(Cc3ccco3)C2c2ccc(C(C)(C)C)cc2)c1. The highest BCUT2D eigenvalue weighted by Gasteiger charge is 2.46. The standard InChI is InChI=1S/C30H33NO5/c1-5-6-16-35-23-10-7-9-21(18-23)27(32)25-26(20-12-14-22(15-13-20)30(2,3)4)31(29(34)28(25)33)19-24-11-8-17-36-24/h7-15,17-18,26,32H,5-6,16,19H2,1-4H3. The van der Waals surface area contributed by atoms with Crippen LogP contribution in [-0.2, 0) is 21.5 Å². The van der Waals surface area contributed by atoms with Crippen LogP contribution in [0.15, 0.2) is 76.9 Å². The smallest absolute Gasteiger partial charge is 0.296 e. The number of Topliss-reactive ketones (excluding diaryl/α,β-unsaturated/α-hetero) is 1. The highest BCUT2D eigenvalue weighted by molar-refractivity contribution is 6.46. The zero-order chi connectivity index (χ0) is 25.9. The molecule has 0 aliphatic carbocycles. The number of aliphatic hydroxyl groups is 1. The molecule has 0 bridgehead atoms. The molecule has 2 heterocycles. The number of hydrogen-bond donors (Lipinski definition) is 1. The molecule has 1 fully saturated rings. The number of ether oxygens (including phenoxy) is 1. The molecule has 1 aromatic heterocycles.